The van der Waals surface area contributed by atoms with Crippen molar-refractivity contribution in [1.82, 2.24) is 0 Å². The predicted octanol–water partition coefficient (Wildman–Crippen LogP) is 3.69. The van der Waals surface area contributed by atoms with Crippen LogP contribution in [0.5, 0.6) is 0 Å². The molecule has 1 unspecified atom stereocenters. The van der Waals surface area contributed by atoms with E-state index in [1.165, 1.54) is 6.07 Å². The van der Waals surface area contributed by atoms with Crippen LogP contribution in [-0.2, 0) is 11.3 Å². The summed E-state index contributed by atoms with van der Waals surface area (Å²) in [7, 11) is 0. The van der Waals surface area contributed by atoms with Crippen LogP contribution in [0.25, 0.3) is 0 Å². The van der Waals surface area contributed by atoms with Gasteiger partial charge in [0.15, 0.2) is 0 Å². The second kappa shape index (κ2) is 6.64. The molecule has 2 aromatic rings. The molecule has 20 heavy (non-hydrogen) atoms. The molecule has 0 saturated carbocycles. The van der Waals surface area contributed by atoms with E-state index >= 15 is 0 Å². The molecule has 0 heterocycles. The SMILES string of the molecule is Cc1ccc(C)c(C(O)COCc2ccccc2F)c1. The van der Waals surface area contributed by atoms with Gasteiger partial charge in [0.1, 0.15) is 11.9 Å². The molecule has 0 saturated heterocycles. The van der Waals surface area contributed by atoms with Gasteiger partial charge in [-0.1, -0.05) is 42.0 Å². The Labute approximate surface area is 118 Å². The Bertz CT molecular complexity index is 581. The molecule has 3 heteroatoms. The third-order valence-corrected chi connectivity index (χ3v) is 3.28. The van der Waals surface area contributed by atoms with Crippen LogP contribution in [0.3, 0.4) is 0 Å². The van der Waals surface area contributed by atoms with E-state index in [2.05, 4.69) is 0 Å². The molecule has 1 atom stereocenters. The number of aliphatic hydroxyl groups is 1. The molecule has 0 amide bonds. The largest absolute Gasteiger partial charge is 0.386 e. The van der Waals surface area contributed by atoms with Gasteiger partial charge in [0, 0.05) is 5.56 Å². The highest BCUT2D eigenvalue weighted by Crippen LogP contribution is 2.20. The lowest BCUT2D eigenvalue weighted by Gasteiger charge is -2.15. The van der Waals surface area contributed by atoms with Gasteiger partial charge in [-0.2, -0.15) is 0 Å². The summed E-state index contributed by atoms with van der Waals surface area (Å²) in [6.07, 6.45) is -0.693. The molecule has 0 aliphatic heterocycles. The Morgan fingerprint density at radius 3 is 2.65 bits per heavy atom. The van der Waals surface area contributed by atoms with Crippen molar-refractivity contribution in [2.75, 3.05) is 6.61 Å². The molecule has 2 rings (SSSR count). The number of halogens is 1. The number of ether oxygens (including phenoxy) is 1. The Morgan fingerprint density at radius 1 is 1.15 bits per heavy atom. The number of hydrogen-bond acceptors (Lipinski definition) is 2. The third-order valence-electron chi connectivity index (χ3n) is 3.28. The van der Waals surface area contributed by atoms with Crippen LogP contribution in [0, 0.1) is 19.7 Å². The van der Waals surface area contributed by atoms with Crippen molar-refractivity contribution in [1.29, 1.82) is 0 Å². The van der Waals surface area contributed by atoms with Crippen molar-refractivity contribution in [2.45, 2.75) is 26.6 Å². The van der Waals surface area contributed by atoms with Gasteiger partial charge in [0.25, 0.3) is 0 Å². The fourth-order valence-corrected chi connectivity index (χ4v) is 2.10. The average molecular weight is 274 g/mol. The van der Waals surface area contributed by atoms with Crippen LogP contribution in [0.15, 0.2) is 42.5 Å². The van der Waals surface area contributed by atoms with Crippen molar-refractivity contribution in [2.24, 2.45) is 0 Å². The summed E-state index contributed by atoms with van der Waals surface area (Å²) < 4.78 is 18.8. The number of aliphatic hydroxyl groups excluding tert-OH is 1. The lowest BCUT2D eigenvalue weighted by Crippen LogP contribution is -2.09. The van der Waals surface area contributed by atoms with E-state index in [1.54, 1.807) is 18.2 Å². The molecule has 0 fully saturated rings. The van der Waals surface area contributed by atoms with E-state index in [-0.39, 0.29) is 19.0 Å². The van der Waals surface area contributed by atoms with E-state index in [1.807, 2.05) is 32.0 Å². The fraction of sp³-hybridized carbons (Fsp3) is 0.294. The Morgan fingerprint density at radius 2 is 1.90 bits per heavy atom. The lowest BCUT2D eigenvalue weighted by atomic mass is 10.0. The molecule has 2 aromatic carbocycles. The molecule has 0 radical (unpaired) electrons. The number of hydrogen-bond donors (Lipinski definition) is 1. The topological polar surface area (TPSA) is 29.5 Å². The second-order valence-electron chi connectivity index (χ2n) is 4.98. The van der Waals surface area contributed by atoms with Crippen LogP contribution in [0.2, 0.25) is 0 Å². The molecule has 106 valence electrons. The van der Waals surface area contributed by atoms with Crippen LogP contribution in [-0.4, -0.2) is 11.7 Å². The molecule has 0 aliphatic rings. The first-order chi connectivity index (χ1) is 9.58. The molecule has 0 spiro atoms. The molecular formula is C17H19FO2. The lowest BCUT2D eigenvalue weighted by molar-refractivity contribution is 0.0264. The summed E-state index contributed by atoms with van der Waals surface area (Å²) in [5, 5.41) is 10.2. The van der Waals surface area contributed by atoms with E-state index < -0.39 is 6.10 Å². The van der Waals surface area contributed by atoms with Crippen molar-refractivity contribution < 1.29 is 14.2 Å². The van der Waals surface area contributed by atoms with Gasteiger partial charge < -0.3 is 9.84 Å². The summed E-state index contributed by atoms with van der Waals surface area (Å²) in [5.74, 6) is -0.284. The zero-order chi connectivity index (χ0) is 14.5. The molecule has 0 bridgehead atoms. The van der Waals surface area contributed by atoms with Gasteiger partial charge in [-0.3, -0.25) is 0 Å². The smallest absolute Gasteiger partial charge is 0.128 e. The minimum atomic E-state index is -0.693. The van der Waals surface area contributed by atoms with Gasteiger partial charge in [0.05, 0.1) is 13.2 Å². The Hall–Kier alpha value is -1.71. The van der Waals surface area contributed by atoms with E-state index in [0.717, 1.165) is 16.7 Å². The number of aryl methyl sites for hydroxylation is 2. The highest BCUT2D eigenvalue weighted by atomic mass is 19.1. The molecule has 0 aliphatic carbocycles. The predicted molar refractivity (Wildman–Crippen MR) is 76.9 cm³/mol. The van der Waals surface area contributed by atoms with E-state index in [4.69, 9.17) is 4.74 Å². The highest BCUT2D eigenvalue weighted by Gasteiger charge is 2.11. The summed E-state index contributed by atoms with van der Waals surface area (Å²) >= 11 is 0. The van der Waals surface area contributed by atoms with Gasteiger partial charge in [-0.05, 0) is 31.0 Å². The first-order valence-electron chi connectivity index (χ1n) is 6.64. The molecule has 1 N–H and O–H groups in total. The van der Waals surface area contributed by atoms with Crippen molar-refractivity contribution in [3.8, 4) is 0 Å². The van der Waals surface area contributed by atoms with E-state index in [9.17, 15) is 9.50 Å². The summed E-state index contributed by atoms with van der Waals surface area (Å²) in [6.45, 7) is 4.25. The van der Waals surface area contributed by atoms with Gasteiger partial charge >= 0.3 is 0 Å². The zero-order valence-corrected chi connectivity index (χ0v) is 11.8. The third kappa shape index (κ3) is 3.65. The second-order valence-corrected chi connectivity index (χ2v) is 4.98. The maximum atomic E-state index is 13.4. The van der Waals surface area contributed by atoms with Gasteiger partial charge in [0.2, 0.25) is 0 Å². The maximum absolute atomic E-state index is 13.4. The fourth-order valence-electron chi connectivity index (χ4n) is 2.10. The van der Waals surface area contributed by atoms with Crippen LogP contribution in [0.1, 0.15) is 28.4 Å². The summed E-state index contributed by atoms with van der Waals surface area (Å²) in [6, 6.07) is 12.4. The average Bonchev–Trinajstić information content (AvgIpc) is 2.43. The molecular weight excluding hydrogens is 255 g/mol. The molecule has 0 aromatic heterocycles. The normalized spacial score (nSPS) is 12.4. The Balaban J connectivity index is 1.94. The highest BCUT2D eigenvalue weighted by molar-refractivity contribution is 5.32. The van der Waals surface area contributed by atoms with E-state index in [0.29, 0.717) is 5.56 Å². The van der Waals surface area contributed by atoms with Gasteiger partial charge in [-0.25, -0.2) is 4.39 Å². The molecule has 2 nitrogen and oxygen atoms in total. The van der Waals surface area contributed by atoms with Crippen LogP contribution < -0.4 is 0 Å². The van der Waals surface area contributed by atoms with Gasteiger partial charge in [-0.15, -0.1) is 0 Å². The zero-order valence-electron chi connectivity index (χ0n) is 11.8. The minimum absolute atomic E-state index is 0.151. The Kier molecular flexibility index (Phi) is 4.88. The summed E-state index contributed by atoms with van der Waals surface area (Å²) in [5.41, 5.74) is 3.48. The quantitative estimate of drug-likeness (QED) is 0.901. The maximum Gasteiger partial charge on any atom is 0.128 e. The first kappa shape index (κ1) is 14.7. The number of benzene rings is 2. The monoisotopic (exact) mass is 274 g/mol. The standard InChI is InChI=1S/C17H19FO2/c1-12-7-8-13(2)15(9-12)17(19)11-20-10-14-5-3-4-6-16(14)18/h3-9,17,19H,10-11H2,1-2H3. The summed E-state index contributed by atoms with van der Waals surface area (Å²) in [4.78, 5) is 0. The number of rotatable bonds is 5. The van der Waals surface area contributed by atoms with Crippen molar-refractivity contribution >= 4 is 0 Å². The van der Waals surface area contributed by atoms with Crippen molar-refractivity contribution in [3.63, 3.8) is 0 Å². The first-order valence-corrected chi connectivity index (χ1v) is 6.64. The van der Waals surface area contributed by atoms with Crippen LogP contribution >= 0.6 is 0 Å². The van der Waals surface area contributed by atoms with Crippen LogP contribution in [0.4, 0.5) is 4.39 Å². The van der Waals surface area contributed by atoms with Crippen molar-refractivity contribution in [3.05, 3.63) is 70.5 Å². The minimum Gasteiger partial charge on any atom is -0.386 e.